The molecule has 3 aliphatic carbocycles. The Balaban J connectivity index is 2.08. The van der Waals surface area contributed by atoms with Crippen LogP contribution in [0.2, 0.25) is 0 Å². The molecule has 0 aliphatic heterocycles. The van der Waals surface area contributed by atoms with Crippen LogP contribution in [0.4, 0.5) is 0 Å². The quantitative estimate of drug-likeness (QED) is 0.430. The number of fused-ring (bicyclic) bond motifs is 1. The molecule has 0 aromatic rings. The number of rotatable bonds is 0. The SMILES string of the molecule is C1=C[C@H]2CC3CC2[C@H]1C3. The Labute approximate surface area is 56.0 Å². The van der Waals surface area contributed by atoms with E-state index in [1.165, 1.54) is 12.8 Å². The molecule has 9 heavy (non-hydrogen) atoms. The van der Waals surface area contributed by atoms with Gasteiger partial charge in [-0.15, -0.1) is 0 Å². The van der Waals surface area contributed by atoms with Gasteiger partial charge < -0.3 is 0 Å². The number of hydrogen-bond acceptors (Lipinski definition) is 0. The van der Waals surface area contributed by atoms with E-state index in [4.69, 9.17) is 0 Å². The lowest BCUT2D eigenvalue weighted by Gasteiger charge is -2.17. The molecule has 0 aromatic carbocycles. The van der Waals surface area contributed by atoms with Crippen LogP contribution in [0.5, 0.6) is 0 Å². The van der Waals surface area contributed by atoms with Crippen molar-refractivity contribution in [3.05, 3.63) is 12.2 Å². The zero-order valence-electron chi connectivity index (χ0n) is 5.59. The number of allylic oxidation sites excluding steroid dienone is 2. The summed E-state index contributed by atoms with van der Waals surface area (Å²) in [6.45, 7) is 0. The third-order valence-corrected chi connectivity index (χ3v) is 3.52. The van der Waals surface area contributed by atoms with E-state index in [2.05, 4.69) is 12.2 Å². The van der Waals surface area contributed by atoms with Crippen LogP contribution in [-0.2, 0) is 0 Å². The van der Waals surface area contributed by atoms with Crippen molar-refractivity contribution in [2.45, 2.75) is 19.3 Å². The molecule has 0 heterocycles. The summed E-state index contributed by atoms with van der Waals surface area (Å²) >= 11 is 0. The van der Waals surface area contributed by atoms with Gasteiger partial charge in [-0.3, -0.25) is 0 Å². The molecule has 0 saturated heterocycles. The Hall–Kier alpha value is -0.260. The second-order valence-corrected chi connectivity index (χ2v) is 3.95. The first-order valence-corrected chi connectivity index (χ1v) is 4.12. The maximum absolute atomic E-state index is 2.47. The Bertz CT molecular complexity index is 153. The minimum absolute atomic E-state index is 1.02. The highest BCUT2D eigenvalue weighted by atomic mass is 14.5. The molecule has 0 heteroatoms. The summed E-state index contributed by atoms with van der Waals surface area (Å²) in [5, 5.41) is 0. The zero-order valence-corrected chi connectivity index (χ0v) is 5.59. The van der Waals surface area contributed by atoms with E-state index in [1.807, 2.05) is 0 Å². The molecule has 3 rings (SSSR count). The molecule has 48 valence electrons. The van der Waals surface area contributed by atoms with Crippen LogP contribution in [0.3, 0.4) is 0 Å². The highest BCUT2D eigenvalue weighted by molar-refractivity contribution is 5.15. The summed E-state index contributed by atoms with van der Waals surface area (Å²) in [5.41, 5.74) is 0. The Kier molecular flexibility index (Phi) is 0.633. The largest absolute Gasteiger partial charge is 0.0848 e. The van der Waals surface area contributed by atoms with Crippen molar-refractivity contribution in [1.29, 1.82) is 0 Å². The average Bonchev–Trinajstić information content (AvgIpc) is 2.35. The van der Waals surface area contributed by atoms with Crippen LogP contribution in [0.15, 0.2) is 12.2 Å². The molecule has 0 amide bonds. The van der Waals surface area contributed by atoms with E-state index >= 15 is 0 Å². The van der Waals surface area contributed by atoms with Crippen molar-refractivity contribution in [2.75, 3.05) is 0 Å². The molecule has 2 bridgehead atoms. The van der Waals surface area contributed by atoms with E-state index in [0.29, 0.717) is 0 Å². The van der Waals surface area contributed by atoms with E-state index in [0.717, 1.165) is 23.7 Å². The molecule has 0 N–H and O–H groups in total. The Morgan fingerprint density at radius 3 is 2.00 bits per heavy atom. The summed E-state index contributed by atoms with van der Waals surface area (Å²) in [6, 6.07) is 0. The first-order valence-electron chi connectivity index (χ1n) is 4.12. The molecule has 0 nitrogen and oxygen atoms in total. The second-order valence-electron chi connectivity index (χ2n) is 3.95. The van der Waals surface area contributed by atoms with Gasteiger partial charge in [0.15, 0.2) is 0 Å². The summed E-state index contributed by atoms with van der Waals surface area (Å²) in [6.07, 6.45) is 9.56. The molecule has 2 fully saturated rings. The van der Waals surface area contributed by atoms with Crippen LogP contribution in [-0.4, -0.2) is 0 Å². The van der Waals surface area contributed by atoms with Gasteiger partial charge in [0, 0.05) is 0 Å². The predicted molar refractivity (Wildman–Crippen MR) is 37.0 cm³/mol. The van der Waals surface area contributed by atoms with E-state index < -0.39 is 0 Å². The molecular weight excluding hydrogens is 108 g/mol. The van der Waals surface area contributed by atoms with Gasteiger partial charge in [-0.05, 0) is 42.9 Å². The molecule has 3 aliphatic rings. The van der Waals surface area contributed by atoms with Gasteiger partial charge in [-0.1, -0.05) is 12.2 Å². The fourth-order valence-corrected chi connectivity index (χ4v) is 3.19. The lowest BCUT2D eigenvalue weighted by Crippen LogP contribution is -2.09. The van der Waals surface area contributed by atoms with Crippen molar-refractivity contribution in [2.24, 2.45) is 23.7 Å². The molecule has 0 spiro atoms. The van der Waals surface area contributed by atoms with Gasteiger partial charge in [-0.25, -0.2) is 0 Å². The monoisotopic (exact) mass is 120 g/mol. The van der Waals surface area contributed by atoms with Gasteiger partial charge in [-0.2, -0.15) is 0 Å². The van der Waals surface area contributed by atoms with Crippen molar-refractivity contribution < 1.29 is 0 Å². The van der Waals surface area contributed by atoms with Crippen molar-refractivity contribution >= 4 is 0 Å². The molecule has 2 unspecified atom stereocenters. The standard InChI is InChI=1S/C9H12/c1-2-8-4-6-3-7(1)9(8)5-6/h1-2,6-9H,3-5H2/t6?,7-,8+,9?. The Morgan fingerprint density at radius 2 is 1.56 bits per heavy atom. The third kappa shape index (κ3) is 0.417. The zero-order chi connectivity index (χ0) is 5.84. The minimum Gasteiger partial charge on any atom is -0.0848 e. The van der Waals surface area contributed by atoms with Crippen LogP contribution >= 0.6 is 0 Å². The maximum atomic E-state index is 2.47. The third-order valence-electron chi connectivity index (χ3n) is 3.52. The summed E-state index contributed by atoms with van der Waals surface area (Å²) in [4.78, 5) is 0. The molecule has 2 saturated carbocycles. The van der Waals surface area contributed by atoms with Gasteiger partial charge in [0.05, 0.1) is 0 Å². The Morgan fingerprint density at radius 1 is 0.889 bits per heavy atom. The van der Waals surface area contributed by atoms with Crippen molar-refractivity contribution in [3.63, 3.8) is 0 Å². The minimum atomic E-state index is 1.02. The highest BCUT2D eigenvalue weighted by Gasteiger charge is 2.46. The predicted octanol–water partition coefficient (Wildman–Crippen LogP) is 2.22. The first kappa shape index (κ1) is 4.54. The highest BCUT2D eigenvalue weighted by Crippen LogP contribution is 2.56. The van der Waals surface area contributed by atoms with E-state index in [1.54, 1.807) is 6.42 Å². The van der Waals surface area contributed by atoms with Crippen LogP contribution in [0.1, 0.15) is 19.3 Å². The van der Waals surface area contributed by atoms with E-state index in [9.17, 15) is 0 Å². The molecule has 0 radical (unpaired) electrons. The maximum Gasteiger partial charge on any atom is -0.0197 e. The molecular formula is C9H12. The smallest absolute Gasteiger partial charge is 0.0197 e. The second kappa shape index (κ2) is 1.25. The van der Waals surface area contributed by atoms with Crippen molar-refractivity contribution in [3.8, 4) is 0 Å². The van der Waals surface area contributed by atoms with Crippen molar-refractivity contribution in [1.82, 2.24) is 0 Å². The lowest BCUT2D eigenvalue weighted by atomic mass is 9.88. The van der Waals surface area contributed by atoms with Gasteiger partial charge in [0.2, 0.25) is 0 Å². The molecule has 0 aromatic heterocycles. The fourth-order valence-electron chi connectivity index (χ4n) is 3.19. The number of hydrogen-bond donors (Lipinski definition) is 0. The fraction of sp³-hybridized carbons (Fsp3) is 0.778. The summed E-state index contributed by atoms with van der Waals surface area (Å²) < 4.78 is 0. The summed E-state index contributed by atoms with van der Waals surface area (Å²) in [5.74, 6) is 4.28. The average molecular weight is 120 g/mol. The van der Waals surface area contributed by atoms with Crippen LogP contribution in [0, 0.1) is 23.7 Å². The van der Waals surface area contributed by atoms with Crippen LogP contribution < -0.4 is 0 Å². The topological polar surface area (TPSA) is 0 Å². The van der Waals surface area contributed by atoms with Gasteiger partial charge >= 0.3 is 0 Å². The lowest BCUT2D eigenvalue weighted by molar-refractivity contribution is 0.356. The summed E-state index contributed by atoms with van der Waals surface area (Å²) in [7, 11) is 0. The van der Waals surface area contributed by atoms with Gasteiger partial charge in [0.1, 0.15) is 0 Å². The first-order chi connectivity index (χ1) is 4.43. The normalized spacial score (nSPS) is 59.6. The van der Waals surface area contributed by atoms with Crippen LogP contribution in [0.25, 0.3) is 0 Å². The molecule has 4 atom stereocenters. The van der Waals surface area contributed by atoms with E-state index in [-0.39, 0.29) is 0 Å². The van der Waals surface area contributed by atoms with Gasteiger partial charge in [0.25, 0.3) is 0 Å².